The predicted molar refractivity (Wildman–Crippen MR) is 82.9 cm³/mol. The van der Waals surface area contributed by atoms with E-state index in [1.54, 1.807) is 0 Å². The van der Waals surface area contributed by atoms with Gasteiger partial charge in [0, 0.05) is 13.0 Å². The highest BCUT2D eigenvalue weighted by Gasteiger charge is 2.31. The SMILES string of the molecule is CCOc1ccccc1CCC(=O)N1CCCCC1C(=O)O. The number of amides is 1. The number of hydrogen-bond acceptors (Lipinski definition) is 3. The van der Waals surface area contributed by atoms with E-state index < -0.39 is 12.0 Å². The third-order valence-corrected chi connectivity index (χ3v) is 3.99. The summed E-state index contributed by atoms with van der Waals surface area (Å²) >= 11 is 0. The van der Waals surface area contributed by atoms with Crippen LogP contribution in [0.2, 0.25) is 0 Å². The maximum absolute atomic E-state index is 12.4. The molecule has 1 fully saturated rings. The first kappa shape index (κ1) is 16.3. The first-order chi connectivity index (χ1) is 10.6. The van der Waals surface area contributed by atoms with Gasteiger partial charge in [-0.15, -0.1) is 0 Å². The summed E-state index contributed by atoms with van der Waals surface area (Å²) in [5.41, 5.74) is 0.988. The molecule has 1 atom stereocenters. The molecule has 5 nitrogen and oxygen atoms in total. The molecule has 0 radical (unpaired) electrons. The summed E-state index contributed by atoms with van der Waals surface area (Å²) in [6.07, 6.45) is 3.18. The molecule has 1 aliphatic heterocycles. The van der Waals surface area contributed by atoms with Crippen molar-refractivity contribution >= 4 is 11.9 Å². The molecule has 1 unspecified atom stereocenters. The summed E-state index contributed by atoms with van der Waals surface area (Å²) in [4.78, 5) is 25.2. The van der Waals surface area contributed by atoms with Crippen LogP contribution in [0, 0.1) is 0 Å². The highest BCUT2D eigenvalue weighted by atomic mass is 16.5. The first-order valence-electron chi connectivity index (χ1n) is 7.86. The Morgan fingerprint density at radius 1 is 1.32 bits per heavy atom. The van der Waals surface area contributed by atoms with Gasteiger partial charge >= 0.3 is 5.97 Å². The normalized spacial score (nSPS) is 18.0. The maximum Gasteiger partial charge on any atom is 0.326 e. The number of ether oxygens (including phenoxy) is 1. The van der Waals surface area contributed by atoms with Crippen molar-refractivity contribution in [1.82, 2.24) is 4.90 Å². The second kappa shape index (κ2) is 7.82. The summed E-state index contributed by atoms with van der Waals surface area (Å²) in [7, 11) is 0. The summed E-state index contributed by atoms with van der Waals surface area (Å²) in [6, 6.07) is 7.00. The van der Waals surface area contributed by atoms with Crippen LogP contribution in [0.3, 0.4) is 0 Å². The number of carboxylic acids is 1. The molecule has 0 aromatic heterocycles. The monoisotopic (exact) mass is 305 g/mol. The maximum atomic E-state index is 12.4. The summed E-state index contributed by atoms with van der Waals surface area (Å²) in [5, 5.41) is 9.24. The number of likely N-dealkylation sites (tertiary alicyclic amines) is 1. The molecule has 1 aliphatic rings. The van der Waals surface area contributed by atoms with Crippen molar-refractivity contribution in [3.8, 4) is 5.75 Å². The number of aliphatic carboxylic acids is 1. The summed E-state index contributed by atoms with van der Waals surface area (Å²) in [6.45, 7) is 3.05. The van der Waals surface area contributed by atoms with Crippen molar-refractivity contribution in [3.63, 3.8) is 0 Å². The van der Waals surface area contributed by atoms with Gasteiger partial charge in [-0.25, -0.2) is 4.79 Å². The van der Waals surface area contributed by atoms with Crippen molar-refractivity contribution in [2.24, 2.45) is 0 Å². The Bertz CT molecular complexity index is 529. The average Bonchev–Trinajstić information content (AvgIpc) is 2.54. The van der Waals surface area contributed by atoms with Gasteiger partial charge in [0.25, 0.3) is 0 Å². The van der Waals surface area contributed by atoms with E-state index >= 15 is 0 Å². The second-order valence-corrected chi connectivity index (χ2v) is 5.48. The van der Waals surface area contributed by atoms with Gasteiger partial charge in [0.05, 0.1) is 6.61 Å². The van der Waals surface area contributed by atoms with Crippen molar-refractivity contribution in [2.45, 2.75) is 45.1 Å². The van der Waals surface area contributed by atoms with Gasteiger partial charge in [0.2, 0.25) is 5.91 Å². The molecule has 1 amide bonds. The standard InChI is InChI=1S/C17H23NO4/c1-2-22-15-9-4-3-7-13(15)10-11-16(19)18-12-6-5-8-14(18)17(20)21/h3-4,7,9,14H,2,5-6,8,10-12H2,1H3,(H,20,21). The lowest BCUT2D eigenvalue weighted by Gasteiger charge is -2.33. The fraction of sp³-hybridized carbons (Fsp3) is 0.529. The van der Waals surface area contributed by atoms with Gasteiger partial charge in [0.15, 0.2) is 0 Å². The van der Waals surface area contributed by atoms with Crippen LogP contribution in [-0.4, -0.2) is 41.1 Å². The van der Waals surface area contributed by atoms with Gasteiger partial charge in [-0.1, -0.05) is 18.2 Å². The van der Waals surface area contributed by atoms with Crippen molar-refractivity contribution < 1.29 is 19.4 Å². The number of carbonyl (C=O) groups excluding carboxylic acids is 1. The smallest absolute Gasteiger partial charge is 0.326 e. The summed E-state index contributed by atoms with van der Waals surface area (Å²) in [5.74, 6) is -0.188. The van der Waals surface area contributed by atoms with E-state index in [1.165, 1.54) is 4.90 Å². The number of rotatable bonds is 6. The van der Waals surface area contributed by atoms with E-state index in [0.29, 0.717) is 32.4 Å². The van der Waals surface area contributed by atoms with Crippen LogP contribution in [0.15, 0.2) is 24.3 Å². The van der Waals surface area contributed by atoms with Crippen LogP contribution < -0.4 is 4.74 Å². The van der Waals surface area contributed by atoms with Gasteiger partial charge in [-0.2, -0.15) is 0 Å². The van der Waals surface area contributed by atoms with Gasteiger partial charge in [-0.3, -0.25) is 4.79 Å². The fourth-order valence-electron chi connectivity index (χ4n) is 2.88. The minimum Gasteiger partial charge on any atom is -0.494 e. The first-order valence-corrected chi connectivity index (χ1v) is 7.86. The largest absolute Gasteiger partial charge is 0.494 e. The van der Waals surface area contributed by atoms with E-state index in [4.69, 9.17) is 4.74 Å². The number of benzene rings is 1. The quantitative estimate of drug-likeness (QED) is 0.877. The zero-order valence-corrected chi connectivity index (χ0v) is 13.0. The van der Waals surface area contributed by atoms with Gasteiger partial charge in [0.1, 0.15) is 11.8 Å². The van der Waals surface area contributed by atoms with Crippen molar-refractivity contribution in [1.29, 1.82) is 0 Å². The fourth-order valence-corrected chi connectivity index (χ4v) is 2.88. The molecule has 0 aliphatic carbocycles. The average molecular weight is 305 g/mol. The lowest BCUT2D eigenvalue weighted by molar-refractivity contribution is -0.152. The number of hydrogen-bond donors (Lipinski definition) is 1. The number of para-hydroxylation sites is 1. The molecule has 0 bridgehead atoms. The number of carboxylic acid groups (broad SMARTS) is 1. The molecule has 1 aromatic carbocycles. The van der Waals surface area contributed by atoms with Crippen LogP contribution in [-0.2, 0) is 16.0 Å². The third kappa shape index (κ3) is 4.00. The van der Waals surface area contributed by atoms with Crippen molar-refractivity contribution in [2.75, 3.05) is 13.2 Å². The molecular formula is C17H23NO4. The zero-order chi connectivity index (χ0) is 15.9. The van der Waals surface area contributed by atoms with E-state index in [2.05, 4.69) is 0 Å². The Labute approximate surface area is 130 Å². The molecule has 0 saturated carbocycles. The van der Waals surface area contributed by atoms with E-state index in [0.717, 1.165) is 24.2 Å². The Morgan fingerprint density at radius 2 is 2.09 bits per heavy atom. The molecule has 1 aromatic rings. The number of nitrogens with zero attached hydrogens (tertiary/aromatic N) is 1. The highest BCUT2D eigenvalue weighted by Crippen LogP contribution is 2.22. The minimum absolute atomic E-state index is 0.0848. The lowest BCUT2D eigenvalue weighted by atomic mass is 10.0. The molecule has 2 rings (SSSR count). The van der Waals surface area contributed by atoms with Crippen LogP contribution >= 0.6 is 0 Å². The van der Waals surface area contributed by atoms with Crippen LogP contribution in [0.25, 0.3) is 0 Å². The molecule has 22 heavy (non-hydrogen) atoms. The topological polar surface area (TPSA) is 66.8 Å². The molecule has 1 saturated heterocycles. The minimum atomic E-state index is -0.900. The van der Waals surface area contributed by atoms with Crippen LogP contribution in [0.5, 0.6) is 5.75 Å². The van der Waals surface area contributed by atoms with Crippen LogP contribution in [0.1, 0.15) is 38.2 Å². The molecule has 5 heteroatoms. The van der Waals surface area contributed by atoms with Crippen molar-refractivity contribution in [3.05, 3.63) is 29.8 Å². The van der Waals surface area contributed by atoms with E-state index in [1.807, 2.05) is 31.2 Å². The molecule has 1 heterocycles. The Hall–Kier alpha value is -2.04. The number of piperidine rings is 1. The van der Waals surface area contributed by atoms with Crippen LogP contribution in [0.4, 0.5) is 0 Å². The van der Waals surface area contributed by atoms with Gasteiger partial charge < -0.3 is 14.7 Å². The molecular weight excluding hydrogens is 282 g/mol. The predicted octanol–water partition coefficient (Wildman–Crippen LogP) is 2.48. The Morgan fingerprint density at radius 3 is 2.82 bits per heavy atom. The molecule has 1 N–H and O–H groups in total. The lowest BCUT2D eigenvalue weighted by Crippen LogP contribution is -2.48. The highest BCUT2D eigenvalue weighted by molar-refractivity contribution is 5.84. The number of aryl methyl sites for hydroxylation is 1. The molecule has 120 valence electrons. The van der Waals surface area contributed by atoms with E-state index in [9.17, 15) is 14.7 Å². The summed E-state index contributed by atoms with van der Waals surface area (Å²) < 4.78 is 5.56. The van der Waals surface area contributed by atoms with Gasteiger partial charge in [-0.05, 0) is 44.2 Å². The van der Waals surface area contributed by atoms with E-state index in [-0.39, 0.29) is 5.91 Å². The molecule has 0 spiro atoms. The Kier molecular flexibility index (Phi) is 5.81. The third-order valence-electron chi connectivity index (χ3n) is 3.99. The Balaban J connectivity index is 1.98. The number of carbonyl (C=O) groups is 2. The second-order valence-electron chi connectivity index (χ2n) is 5.48. The zero-order valence-electron chi connectivity index (χ0n) is 13.0.